The highest BCUT2D eigenvalue weighted by molar-refractivity contribution is 9.10. The number of benzene rings is 2. The van der Waals surface area contributed by atoms with Crippen LogP contribution in [-0.2, 0) is 22.7 Å². The minimum Gasteiger partial charge on any atom is -0.494 e. The number of rotatable bonds is 30. The van der Waals surface area contributed by atoms with E-state index in [4.69, 9.17) is 0 Å². The highest BCUT2D eigenvalue weighted by atomic mass is 79.9. The van der Waals surface area contributed by atoms with Crippen LogP contribution in [0.1, 0.15) is 193 Å². The molecular formula is C52H74Br2N4O4. The Kier molecular flexibility index (Phi) is 20.8. The van der Waals surface area contributed by atoms with Crippen LogP contribution in [0.4, 0.5) is 0 Å². The van der Waals surface area contributed by atoms with Crippen LogP contribution in [0.15, 0.2) is 55.3 Å². The first-order valence-electron chi connectivity index (χ1n) is 24.4. The van der Waals surface area contributed by atoms with Crippen molar-refractivity contribution in [2.75, 3.05) is 0 Å². The Hall–Kier alpha value is -3.24. The van der Waals surface area contributed by atoms with Gasteiger partial charge in [0.25, 0.3) is 11.8 Å². The van der Waals surface area contributed by atoms with Gasteiger partial charge in [-0.25, -0.2) is 9.98 Å². The molecule has 5 rings (SSSR count). The Morgan fingerprint density at radius 3 is 1.13 bits per heavy atom. The molecule has 1 aliphatic rings. The molecule has 3 heterocycles. The summed E-state index contributed by atoms with van der Waals surface area (Å²) in [6.07, 6.45) is 28.5. The van der Waals surface area contributed by atoms with E-state index in [-0.39, 0.29) is 34.3 Å². The Morgan fingerprint density at radius 1 is 0.484 bits per heavy atom. The molecule has 0 saturated carbocycles. The van der Waals surface area contributed by atoms with Crippen LogP contribution in [0, 0.1) is 11.8 Å². The zero-order valence-electron chi connectivity index (χ0n) is 38.3. The van der Waals surface area contributed by atoms with Gasteiger partial charge >= 0.3 is 0 Å². The van der Waals surface area contributed by atoms with Gasteiger partial charge in [0.2, 0.25) is 11.8 Å². The van der Waals surface area contributed by atoms with Crippen LogP contribution < -0.4 is 0 Å². The minimum atomic E-state index is -0.714. The first-order valence-corrected chi connectivity index (χ1v) is 26.0. The van der Waals surface area contributed by atoms with E-state index in [1.807, 2.05) is 45.5 Å². The third kappa shape index (κ3) is 13.4. The van der Waals surface area contributed by atoms with Gasteiger partial charge in [-0.1, -0.05) is 200 Å². The van der Waals surface area contributed by atoms with Crippen LogP contribution in [0.5, 0.6) is 11.8 Å². The third-order valence-corrected chi connectivity index (χ3v) is 14.0. The molecule has 0 bridgehead atoms. The molecule has 4 aromatic rings. The summed E-state index contributed by atoms with van der Waals surface area (Å²) < 4.78 is 5.54. The summed E-state index contributed by atoms with van der Waals surface area (Å²) in [6.45, 7) is 10.2. The molecule has 2 aromatic carbocycles. The molecule has 2 atom stereocenters. The number of hydrogen-bond donors (Lipinski definition) is 2. The summed E-state index contributed by atoms with van der Waals surface area (Å²) in [5, 5.41) is 25.5. The Balaban J connectivity index is 1.46. The molecule has 10 heteroatoms. The number of hydrogen-bond acceptors (Lipinski definition) is 4. The lowest BCUT2D eigenvalue weighted by Gasteiger charge is -2.20. The SMILES string of the molecule is CCCCCCCCC(CCCCCC)Cn1c(O)c(C2=NC(=O)C(c3c(O)n(CC(CCCCCC)CCCCCCCC)c4cc(Br)ccc34)=NC2=O)c2ccc(Br)cc21. The Labute approximate surface area is 388 Å². The van der Waals surface area contributed by atoms with Crippen molar-refractivity contribution in [2.24, 2.45) is 21.8 Å². The van der Waals surface area contributed by atoms with Gasteiger partial charge < -0.3 is 19.3 Å². The van der Waals surface area contributed by atoms with Crippen molar-refractivity contribution in [3.8, 4) is 11.8 Å². The molecule has 0 saturated heterocycles. The highest BCUT2D eigenvalue weighted by Crippen LogP contribution is 2.39. The number of aromatic nitrogens is 2. The first-order chi connectivity index (χ1) is 30.1. The zero-order chi connectivity index (χ0) is 44.4. The van der Waals surface area contributed by atoms with E-state index in [2.05, 4.69) is 69.5 Å². The molecule has 0 aliphatic carbocycles. The molecular weight excluding hydrogens is 904 g/mol. The summed E-state index contributed by atoms with van der Waals surface area (Å²) in [5.74, 6) is -0.869. The highest BCUT2D eigenvalue weighted by Gasteiger charge is 2.35. The summed E-state index contributed by atoms with van der Waals surface area (Å²) in [4.78, 5) is 37.3. The molecule has 8 nitrogen and oxygen atoms in total. The topological polar surface area (TPSA) is 109 Å². The summed E-state index contributed by atoms with van der Waals surface area (Å²) in [7, 11) is 0. The number of fused-ring (bicyclic) bond motifs is 2. The van der Waals surface area contributed by atoms with E-state index >= 15 is 0 Å². The number of aliphatic imine (C=N–C) groups is 2. The standard InChI is InChI=1S/C52H74Br2N4O4/c1-5-9-13-17-19-23-27-37(25-21-15-11-7-3)35-57-43-33-39(53)29-31-41(43)45(51(57)61)47-49(59)56-48(50(60)55-47)46-42-32-30-40(54)34-44(42)58(52(46)62)36-38(26-22-16-12-8-4)28-24-20-18-14-10-6-2/h29-34,37-38,61-62H,5-28,35-36H2,1-4H3. The van der Waals surface area contributed by atoms with Gasteiger partial charge in [0.1, 0.15) is 11.4 Å². The van der Waals surface area contributed by atoms with Crippen molar-refractivity contribution in [1.29, 1.82) is 0 Å². The first kappa shape index (κ1) is 49.8. The smallest absolute Gasteiger partial charge is 0.297 e. The predicted octanol–water partition coefficient (Wildman–Crippen LogP) is 15.6. The van der Waals surface area contributed by atoms with Crippen LogP contribution in [0.25, 0.3) is 21.8 Å². The molecule has 2 N–H and O–H groups in total. The number of halogens is 2. The van der Waals surface area contributed by atoms with E-state index in [0.29, 0.717) is 35.7 Å². The number of unbranched alkanes of at least 4 members (excludes halogenated alkanes) is 16. The van der Waals surface area contributed by atoms with Crippen molar-refractivity contribution < 1.29 is 19.8 Å². The molecule has 2 amide bonds. The maximum atomic E-state index is 14.2. The number of carbonyl (C=O) groups excluding carboxylic acids is 2. The van der Waals surface area contributed by atoms with E-state index < -0.39 is 11.8 Å². The fourth-order valence-electron chi connectivity index (χ4n) is 9.50. The number of amides is 2. The second-order valence-electron chi connectivity index (χ2n) is 18.0. The molecule has 0 spiro atoms. The quantitative estimate of drug-likeness (QED) is 0.0507. The van der Waals surface area contributed by atoms with Gasteiger partial charge in [0.05, 0.1) is 22.2 Å². The average molecular weight is 979 g/mol. The molecule has 0 radical (unpaired) electrons. The van der Waals surface area contributed by atoms with Gasteiger partial charge in [0.15, 0.2) is 0 Å². The van der Waals surface area contributed by atoms with Crippen molar-refractivity contribution in [3.63, 3.8) is 0 Å². The summed E-state index contributed by atoms with van der Waals surface area (Å²) in [6, 6.07) is 11.4. The van der Waals surface area contributed by atoms with Crippen LogP contribution in [0.3, 0.4) is 0 Å². The monoisotopic (exact) mass is 976 g/mol. The molecule has 0 fully saturated rings. The average Bonchev–Trinajstić information content (AvgIpc) is 3.67. The number of carbonyl (C=O) groups is 2. The van der Waals surface area contributed by atoms with Crippen molar-refractivity contribution in [1.82, 2.24) is 9.13 Å². The van der Waals surface area contributed by atoms with Gasteiger partial charge in [-0.05, 0) is 61.8 Å². The Bertz CT molecular complexity index is 1980. The molecule has 2 aromatic heterocycles. The summed E-state index contributed by atoms with van der Waals surface area (Å²) in [5.41, 5.74) is 1.68. The Morgan fingerprint density at radius 2 is 0.790 bits per heavy atom. The molecule has 1 aliphatic heterocycles. The lowest BCUT2D eigenvalue weighted by atomic mass is 9.94. The maximum Gasteiger partial charge on any atom is 0.297 e. The van der Waals surface area contributed by atoms with Crippen molar-refractivity contribution in [2.45, 2.75) is 195 Å². The molecule has 62 heavy (non-hydrogen) atoms. The van der Waals surface area contributed by atoms with E-state index in [0.717, 1.165) is 71.3 Å². The molecule has 2 unspecified atom stereocenters. The van der Waals surface area contributed by atoms with Gasteiger partial charge in [0, 0.05) is 32.8 Å². The molecule has 340 valence electrons. The second kappa shape index (κ2) is 25.9. The van der Waals surface area contributed by atoms with E-state index in [9.17, 15) is 19.8 Å². The number of nitrogens with zero attached hydrogens (tertiary/aromatic N) is 4. The lowest BCUT2D eigenvalue weighted by Crippen LogP contribution is -2.28. The minimum absolute atomic E-state index is 0.0715. The van der Waals surface area contributed by atoms with Crippen LogP contribution >= 0.6 is 31.9 Å². The van der Waals surface area contributed by atoms with E-state index in [1.165, 1.54) is 103 Å². The van der Waals surface area contributed by atoms with Crippen LogP contribution in [-0.4, -0.2) is 42.6 Å². The fourth-order valence-corrected chi connectivity index (χ4v) is 10.2. The second-order valence-corrected chi connectivity index (χ2v) is 19.8. The zero-order valence-corrected chi connectivity index (χ0v) is 41.4. The van der Waals surface area contributed by atoms with Gasteiger partial charge in [-0.2, -0.15) is 0 Å². The maximum absolute atomic E-state index is 14.2. The van der Waals surface area contributed by atoms with Crippen LogP contribution in [0.2, 0.25) is 0 Å². The predicted molar refractivity (Wildman–Crippen MR) is 266 cm³/mol. The van der Waals surface area contributed by atoms with Crippen molar-refractivity contribution in [3.05, 3.63) is 56.5 Å². The third-order valence-electron chi connectivity index (χ3n) is 13.0. The van der Waals surface area contributed by atoms with Gasteiger partial charge in [-0.3, -0.25) is 9.59 Å². The lowest BCUT2D eigenvalue weighted by molar-refractivity contribution is -0.115. The fraction of sp³-hybridized carbons (Fsp3) is 0.615. The van der Waals surface area contributed by atoms with Crippen molar-refractivity contribution >= 4 is 76.9 Å². The van der Waals surface area contributed by atoms with Gasteiger partial charge in [-0.15, -0.1) is 0 Å². The number of aromatic hydroxyl groups is 2. The van der Waals surface area contributed by atoms with E-state index in [1.54, 1.807) is 0 Å². The summed E-state index contributed by atoms with van der Waals surface area (Å²) >= 11 is 7.28. The normalized spacial score (nSPS) is 14.3. The largest absolute Gasteiger partial charge is 0.494 e.